The van der Waals surface area contributed by atoms with Crippen LogP contribution in [0.5, 0.6) is 0 Å². The summed E-state index contributed by atoms with van der Waals surface area (Å²) < 4.78 is 17.8. The van der Waals surface area contributed by atoms with Gasteiger partial charge < -0.3 is 10.1 Å². The summed E-state index contributed by atoms with van der Waals surface area (Å²) >= 11 is 3.19. The zero-order valence-corrected chi connectivity index (χ0v) is 11.6. The van der Waals surface area contributed by atoms with Crippen LogP contribution in [-0.2, 0) is 4.74 Å². The molecular formula is C11H12BrFN2O4. The van der Waals surface area contributed by atoms with E-state index in [1.54, 1.807) is 0 Å². The Morgan fingerprint density at radius 2 is 2.32 bits per heavy atom. The maximum atomic E-state index is 13.0. The lowest BCUT2D eigenvalue weighted by Crippen LogP contribution is -2.39. The summed E-state index contributed by atoms with van der Waals surface area (Å²) in [5.74, 6) is -1.41. The number of nitrogens with one attached hydrogen (secondary N) is 1. The molecule has 104 valence electrons. The van der Waals surface area contributed by atoms with Crippen LogP contribution >= 0.6 is 15.9 Å². The first kappa shape index (κ1) is 15.5. The number of halogens is 2. The molecule has 0 spiro atoms. The van der Waals surface area contributed by atoms with E-state index in [0.29, 0.717) is 11.4 Å². The Kier molecular flexibility index (Phi) is 5.84. The quantitative estimate of drug-likeness (QED) is 0.489. The van der Waals surface area contributed by atoms with E-state index < -0.39 is 22.3 Å². The Labute approximate surface area is 117 Å². The number of hydrogen-bond donors (Lipinski definition) is 1. The number of methoxy groups -OCH3 is 1. The van der Waals surface area contributed by atoms with E-state index in [0.717, 1.165) is 12.1 Å². The molecule has 0 saturated carbocycles. The van der Waals surface area contributed by atoms with Gasteiger partial charge >= 0.3 is 0 Å². The lowest BCUT2D eigenvalue weighted by molar-refractivity contribution is -0.385. The summed E-state index contributed by atoms with van der Waals surface area (Å²) in [5.41, 5.74) is -0.753. The number of amides is 1. The van der Waals surface area contributed by atoms with Crippen LogP contribution in [0.25, 0.3) is 0 Å². The Morgan fingerprint density at radius 3 is 2.84 bits per heavy atom. The van der Waals surface area contributed by atoms with Gasteiger partial charge in [-0.25, -0.2) is 4.39 Å². The molecule has 8 heteroatoms. The van der Waals surface area contributed by atoms with Gasteiger partial charge in [0.15, 0.2) is 0 Å². The van der Waals surface area contributed by atoms with E-state index in [4.69, 9.17) is 4.74 Å². The van der Waals surface area contributed by atoms with Crippen LogP contribution in [0.1, 0.15) is 10.4 Å². The predicted molar refractivity (Wildman–Crippen MR) is 70.0 cm³/mol. The van der Waals surface area contributed by atoms with Crippen LogP contribution in [0, 0.1) is 15.9 Å². The van der Waals surface area contributed by atoms with E-state index >= 15 is 0 Å². The minimum absolute atomic E-state index is 0.187. The van der Waals surface area contributed by atoms with Crippen LogP contribution in [0.2, 0.25) is 0 Å². The number of rotatable bonds is 6. The number of carbonyl (C=O) groups excluding carboxylic acids is 1. The molecule has 0 aliphatic rings. The summed E-state index contributed by atoms with van der Waals surface area (Å²) in [4.78, 5) is 21.9. The van der Waals surface area contributed by atoms with Crippen molar-refractivity contribution in [1.29, 1.82) is 0 Å². The summed E-state index contributed by atoms with van der Waals surface area (Å²) in [6.45, 7) is 0.256. The van der Waals surface area contributed by atoms with Crippen molar-refractivity contribution in [1.82, 2.24) is 5.32 Å². The summed E-state index contributed by atoms with van der Waals surface area (Å²) in [6.07, 6.45) is 0. The van der Waals surface area contributed by atoms with Crippen molar-refractivity contribution >= 4 is 27.5 Å². The number of nitro groups is 1. The smallest absolute Gasteiger partial charge is 0.285 e. The van der Waals surface area contributed by atoms with Gasteiger partial charge in [-0.05, 0) is 12.1 Å². The van der Waals surface area contributed by atoms with Crippen LogP contribution < -0.4 is 5.32 Å². The molecule has 1 rings (SSSR count). The first-order valence-electron chi connectivity index (χ1n) is 5.29. The zero-order valence-electron chi connectivity index (χ0n) is 10.1. The van der Waals surface area contributed by atoms with E-state index in [9.17, 15) is 19.3 Å². The van der Waals surface area contributed by atoms with Gasteiger partial charge in [0.2, 0.25) is 0 Å². The van der Waals surface area contributed by atoms with Crippen LogP contribution in [0.15, 0.2) is 18.2 Å². The molecule has 0 aliphatic heterocycles. The van der Waals surface area contributed by atoms with Crippen molar-refractivity contribution in [2.24, 2.45) is 0 Å². The Bertz CT molecular complexity index is 484. The molecule has 1 N–H and O–H groups in total. The topological polar surface area (TPSA) is 81.5 Å². The molecule has 0 saturated heterocycles. The molecule has 1 unspecified atom stereocenters. The van der Waals surface area contributed by atoms with Gasteiger partial charge in [-0.3, -0.25) is 14.9 Å². The normalized spacial score (nSPS) is 11.9. The largest absolute Gasteiger partial charge is 0.383 e. The van der Waals surface area contributed by atoms with Crippen LogP contribution in [-0.4, -0.2) is 35.9 Å². The Balaban J connectivity index is 2.96. The monoisotopic (exact) mass is 334 g/mol. The third-order valence-corrected chi connectivity index (χ3v) is 3.07. The van der Waals surface area contributed by atoms with Crippen molar-refractivity contribution in [2.75, 3.05) is 19.0 Å². The molecule has 1 aromatic carbocycles. The Morgan fingerprint density at radius 1 is 1.63 bits per heavy atom. The highest BCUT2D eigenvalue weighted by atomic mass is 79.9. The second-order valence-corrected chi connectivity index (χ2v) is 4.35. The lowest BCUT2D eigenvalue weighted by Gasteiger charge is -2.15. The maximum absolute atomic E-state index is 13.0. The molecule has 19 heavy (non-hydrogen) atoms. The summed E-state index contributed by atoms with van der Waals surface area (Å²) in [6, 6.07) is 2.47. The minimum Gasteiger partial charge on any atom is -0.383 e. The summed E-state index contributed by atoms with van der Waals surface area (Å²) in [7, 11) is 1.47. The highest BCUT2D eigenvalue weighted by molar-refractivity contribution is 9.09. The highest BCUT2D eigenvalue weighted by Gasteiger charge is 2.22. The number of carbonyl (C=O) groups is 1. The van der Waals surface area contributed by atoms with E-state index in [-0.39, 0.29) is 18.2 Å². The minimum atomic E-state index is -0.794. The average Bonchev–Trinajstić information content (AvgIpc) is 2.37. The second kappa shape index (κ2) is 7.15. The molecule has 0 heterocycles. The average molecular weight is 335 g/mol. The van der Waals surface area contributed by atoms with Crippen molar-refractivity contribution in [3.63, 3.8) is 0 Å². The number of ether oxygens (including phenoxy) is 1. The number of nitro benzene ring substituents is 1. The van der Waals surface area contributed by atoms with Crippen LogP contribution in [0.3, 0.4) is 0 Å². The molecule has 0 aromatic heterocycles. The fourth-order valence-corrected chi connectivity index (χ4v) is 1.79. The lowest BCUT2D eigenvalue weighted by atomic mass is 10.1. The zero-order chi connectivity index (χ0) is 14.4. The maximum Gasteiger partial charge on any atom is 0.285 e. The van der Waals surface area contributed by atoms with Crippen molar-refractivity contribution in [2.45, 2.75) is 6.04 Å². The predicted octanol–water partition coefficient (Wildman–Crippen LogP) is 1.87. The fourth-order valence-electron chi connectivity index (χ4n) is 1.44. The van der Waals surface area contributed by atoms with Crippen molar-refractivity contribution < 1.29 is 18.8 Å². The van der Waals surface area contributed by atoms with Gasteiger partial charge in [0.1, 0.15) is 11.4 Å². The van der Waals surface area contributed by atoms with Crippen molar-refractivity contribution in [3.8, 4) is 0 Å². The first-order valence-corrected chi connectivity index (χ1v) is 6.41. The van der Waals surface area contributed by atoms with Gasteiger partial charge in [-0.1, -0.05) is 15.9 Å². The number of alkyl halides is 1. The first-order chi connectivity index (χ1) is 8.99. The third-order valence-electron chi connectivity index (χ3n) is 2.29. The van der Waals surface area contributed by atoms with Gasteiger partial charge in [-0.2, -0.15) is 0 Å². The molecule has 0 bridgehead atoms. The number of benzene rings is 1. The summed E-state index contributed by atoms with van der Waals surface area (Å²) in [5, 5.41) is 13.8. The van der Waals surface area contributed by atoms with Crippen LogP contribution in [0.4, 0.5) is 10.1 Å². The van der Waals surface area contributed by atoms with E-state index in [1.807, 2.05) is 0 Å². The molecule has 1 aromatic rings. The second-order valence-electron chi connectivity index (χ2n) is 3.70. The SMILES string of the molecule is COCC(CBr)NC(=O)c1ccc(F)cc1[N+](=O)[O-]. The third kappa shape index (κ3) is 4.25. The standard InChI is InChI=1S/C11H12BrFN2O4/c1-19-6-8(5-12)14-11(16)9-3-2-7(13)4-10(9)15(17)18/h2-4,8H,5-6H2,1H3,(H,14,16). The van der Waals surface area contributed by atoms with Gasteiger partial charge in [-0.15, -0.1) is 0 Å². The molecule has 0 fully saturated rings. The molecule has 1 amide bonds. The van der Waals surface area contributed by atoms with Gasteiger partial charge in [0.05, 0.1) is 23.6 Å². The molecule has 0 radical (unpaired) electrons. The highest BCUT2D eigenvalue weighted by Crippen LogP contribution is 2.19. The van der Waals surface area contributed by atoms with Gasteiger partial charge in [0, 0.05) is 12.4 Å². The molecule has 0 aliphatic carbocycles. The number of nitrogens with zero attached hydrogens (tertiary/aromatic N) is 1. The van der Waals surface area contributed by atoms with E-state index in [2.05, 4.69) is 21.2 Å². The Hall–Kier alpha value is -1.54. The molecular weight excluding hydrogens is 323 g/mol. The number of hydrogen-bond acceptors (Lipinski definition) is 4. The van der Waals surface area contributed by atoms with Crippen molar-refractivity contribution in [3.05, 3.63) is 39.7 Å². The molecule has 1 atom stereocenters. The fraction of sp³-hybridized carbons (Fsp3) is 0.364. The molecule has 6 nitrogen and oxygen atoms in total. The van der Waals surface area contributed by atoms with Gasteiger partial charge in [0.25, 0.3) is 11.6 Å². The van der Waals surface area contributed by atoms with E-state index in [1.165, 1.54) is 7.11 Å².